The quantitative estimate of drug-likeness (QED) is 0.727. The van der Waals surface area contributed by atoms with Gasteiger partial charge in [0.15, 0.2) is 0 Å². The fourth-order valence-corrected chi connectivity index (χ4v) is 2.19. The summed E-state index contributed by atoms with van der Waals surface area (Å²) < 4.78 is 10.3. The van der Waals surface area contributed by atoms with Crippen molar-refractivity contribution in [3.05, 3.63) is 0 Å². The third kappa shape index (κ3) is 4.55. The van der Waals surface area contributed by atoms with Crippen LogP contribution >= 0.6 is 0 Å². The molecule has 1 aliphatic rings. The number of nitrogens with zero attached hydrogens (tertiary/aromatic N) is 1. The zero-order valence-electron chi connectivity index (χ0n) is 11.6. The number of likely N-dealkylation sites (tertiary alicyclic amines) is 1. The van der Waals surface area contributed by atoms with Gasteiger partial charge in [-0.2, -0.15) is 0 Å². The number of carbonyl (C=O) groups is 2. The van der Waals surface area contributed by atoms with E-state index in [1.807, 2.05) is 20.8 Å². The molecule has 1 amide bonds. The van der Waals surface area contributed by atoms with Crippen LogP contribution in [0.4, 0.5) is 4.79 Å². The first-order valence-electron chi connectivity index (χ1n) is 6.53. The summed E-state index contributed by atoms with van der Waals surface area (Å²) in [5, 5.41) is 0. The second-order valence-corrected chi connectivity index (χ2v) is 5.07. The molecule has 18 heavy (non-hydrogen) atoms. The van der Waals surface area contributed by atoms with Gasteiger partial charge in [-0.1, -0.05) is 0 Å². The van der Waals surface area contributed by atoms with Gasteiger partial charge in [-0.05, 0) is 39.5 Å². The van der Waals surface area contributed by atoms with Crippen molar-refractivity contribution in [2.45, 2.75) is 52.7 Å². The van der Waals surface area contributed by atoms with E-state index in [-0.39, 0.29) is 24.3 Å². The monoisotopic (exact) mass is 257 g/mol. The lowest BCUT2D eigenvalue weighted by atomic mass is 9.92. The SMILES string of the molecule is CC(=O)OC(C)C1CCN(C(=O)OC(C)C)CC1. The van der Waals surface area contributed by atoms with Crippen molar-refractivity contribution < 1.29 is 19.1 Å². The van der Waals surface area contributed by atoms with E-state index in [0.29, 0.717) is 19.0 Å². The molecule has 1 heterocycles. The Morgan fingerprint density at radius 2 is 1.67 bits per heavy atom. The highest BCUT2D eigenvalue weighted by Crippen LogP contribution is 2.23. The topological polar surface area (TPSA) is 55.8 Å². The Balaban J connectivity index is 2.36. The Hall–Kier alpha value is -1.26. The highest BCUT2D eigenvalue weighted by molar-refractivity contribution is 5.68. The summed E-state index contributed by atoms with van der Waals surface area (Å²) in [5.74, 6) is 0.0844. The minimum Gasteiger partial charge on any atom is -0.463 e. The van der Waals surface area contributed by atoms with Gasteiger partial charge in [0.2, 0.25) is 0 Å². The van der Waals surface area contributed by atoms with Crippen molar-refractivity contribution in [3.63, 3.8) is 0 Å². The van der Waals surface area contributed by atoms with E-state index < -0.39 is 0 Å². The van der Waals surface area contributed by atoms with Crippen molar-refractivity contribution in [1.29, 1.82) is 0 Å². The Morgan fingerprint density at radius 1 is 1.11 bits per heavy atom. The first-order chi connectivity index (χ1) is 8.40. The molecule has 1 fully saturated rings. The van der Waals surface area contributed by atoms with Crippen LogP contribution in [0.25, 0.3) is 0 Å². The lowest BCUT2D eigenvalue weighted by Gasteiger charge is -2.34. The summed E-state index contributed by atoms with van der Waals surface area (Å²) in [6.07, 6.45) is 1.29. The second-order valence-electron chi connectivity index (χ2n) is 5.07. The minimum absolute atomic E-state index is 0.0780. The molecule has 0 aromatic heterocycles. The van der Waals surface area contributed by atoms with Gasteiger partial charge in [0.05, 0.1) is 6.10 Å². The third-order valence-electron chi connectivity index (χ3n) is 3.15. The van der Waals surface area contributed by atoms with E-state index in [1.165, 1.54) is 6.92 Å². The van der Waals surface area contributed by atoms with Gasteiger partial charge >= 0.3 is 12.1 Å². The molecule has 1 aliphatic heterocycles. The van der Waals surface area contributed by atoms with Crippen LogP contribution in [0.2, 0.25) is 0 Å². The summed E-state index contributed by atoms with van der Waals surface area (Å²) >= 11 is 0. The molecule has 0 N–H and O–H groups in total. The summed E-state index contributed by atoms with van der Waals surface area (Å²) in [5.41, 5.74) is 0. The molecule has 104 valence electrons. The van der Waals surface area contributed by atoms with Crippen LogP contribution in [0, 0.1) is 5.92 Å². The van der Waals surface area contributed by atoms with Gasteiger partial charge in [-0.15, -0.1) is 0 Å². The van der Waals surface area contributed by atoms with E-state index in [4.69, 9.17) is 9.47 Å². The molecular weight excluding hydrogens is 234 g/mol. The Labute approximate surface area is 108 Å². The molecule has 5 heteroatoms. The molecule has 0 radical (unpaired) electrons. The molecule has 1 atom stereocenters. The van der Waals surface area contributed by atoms with Crippen LogP contribution in [0.1, 0.15) is 40.5 Å². The zero-order chi connectivity index (χ0) is 13.7. The number of esters is 1. The van der Waals surface area contributed by atoms with Crippen LogP contribution < -0.4 is 0 Å². The van der Waals surface area contributed by atoms with Gasteiger partial charge in [-0.3, -0.25) is 4.79 Å². The molecule has 0 saturated carbocycles. The molecule has 0 aromatic rings. The fourth-order valence-electron chi connectivity index (χ4n) is 2.19. The molecule has 1 unspecified atom stereocenters. The molecule has 0 spiro atoms. The van der Waals surface area contributed by atoms with Crippen molar-refractivity contribution in [2.24, 2.45) is 5.92 Å². The number of piperidine rings is 1. The molecular formula is C13H23NO4. The number of carbonyl (C=O) groups excluding carboxylic acids is 2. The fraction of sp³-hybridized carbons (Fsp3) is 0.846. The number of ether oxygens (including phenoxy) is 2. The molecule has 1 rings (SSSR count). The van der Waals surface area contributed by atoms with Gasteiger partial charge in [0.1, 0.15) is 6.10 Å². The number of rotatable bonds is 3. The lowest BCUT2D eigenvalue weighted by Crippen LogP contribution is -2.42. The Morgan fingerprint density at radius 3 is 2.11 bits per heavy atom. The average Bonchev–Trinajstić information content (AvgIpc) is 2.27. The summed E-state index contributed by atoms with van der Waals surface area (Å²) in [7, 11) is 0. The molecule has 5 nitrogen and oxygen atoms in total. The predicted octanol–water partition coefficient (Wildman–Crippen LogP) is 2.20. The van der Waals surface area contributed by atoms with Crippen molar-refractivity contribution in [1.82, 2.24) is 4.90 Å². The summed E-state index contributed by atoms with van der Waals surface area (Å²) in [4.78, 5) is 24.3. The van der Waals surface area contributed by atoms with Gasteiger partial charge in [0, 0.05) is 20.0 Å². The molecule has 0 aliphatic carbocycles. The normalized spacial score (nSPS) is 18.6. The smallest absolute Gasteiger partial charge is 0.410 e. The Kier molecular flexibility index (Phi) is 5.44. The van der Waals surface area contributed by atoms with Crippen LogP contribution in [-0.4, -0.2) is 42.3 Å². The van der Waals surface area contributed by atoms with Gasteiger partial charge < -0.3 is 14.4 Å². The number of amides is 1. The average molecular weight is 257 g/mol. The maximum atomic E-state index is 11.7. The summed E-state index contributed by atoms with van der Waals surface area (Å²) in [6, 6.07) is 0. The lowest BCUT2D eigenvalue weighted by molar-refractivity contribution is -0.148. The molecule has 0 aromatic carbocycles. The standard InChI is InChI=1S/C13H23NO4/c1-9(2)17-13(16)14-7-5-12(6-8-14)10(3)18-11(4)15/h9-10,12H,5-8H2,1-4H3. The maximum Gasteiger partial charge on any atom is 0.410 e. The second kappa shape index (κ2) is 6.61. The first-order valence-corrected chi connectivity index (χ1v) is 6.53. The molecule has 1 saturated heterocycles. The van der Waals surface area contributed by atoms with Crippen molar-refractivity contribution in [3.8, 4) is 0 Å². The number of hydrogen-bond donors (Lipinski definition) is 0. The van der Waals surface area contributed by atoms with Crippen LogP contribution in [0.3, 0.4) is 0 Å². The van der Waals surface area contributed by atoms with Crippen LogP contribution in [-0.2, 0) is 14.3 Å². The van der Waals surface area contributed by atoms with Crippen molar-refractivity contribution in [2.75, 3.05) is 13.1 Å². The van der Waals surface area contributed by atoms with Gasteiger partial charge in [0.25, 0.3) is 0 Å². The van der Waals surface area contributed by atoms with Crippen molar-refractivity contribution >= 4 is 12.1 Å². The summed E-state index contributed by atoms with van der Waals surface area (Å²) in [6.45, 7) is 8.35. The predicted molar refractivity (Wildman–Crippen MR) is 67.1 cm³/mol. The van der Waals surface area contributed by atoms with E-state index >= 15 is 0 Å². The zero-order valence-corrected chi connectivity index (χ0v) is 11.6. The highest BCUT2D eigenvalue weighted by atomic mass is 16.6. The van der Waals surface area contributed by atoms with E-state index in [1.54, 1.807) is 4.90 Å². The minimum atomic E-state index is -0.247. The largest absolute Gasteiger partial charge is 0.463 e. The van der Waals surface area contributed by atoms with Crippen LogP contribution in [0.15, 0.2) is 0 Å². The maximum absolute atomic E-state index is 11.7. The van der Waals surface area contributed by atoms with E-state index in [2.05, 4.69) is 0 Å². The first kappa shape index (κ1) is 14.8. The molecule has 0 bridgehead atoms. The van der Waals surface area contributed by atoms with Gasteiger partial charge in [-0.25, -0.2) is 4.79 Å². The van der Waals surface area contributed by atoms with E-state index in [0.717, 1.165) is 12.8 Å². The third-order valence-corrected chi connectivity index (χ3v) is 3.15. The number of hydrogen-bond acceptors (Lipinski definition) is 4. The van der Waals surface area contributed by atoms with E-state index in [9.17, 15) is 9.59 Å². The highest BCUT2D eigenvalue weighted by Gasteiger charge is 2.28. The Bertz CT molecular complexity index is 295. The van der Waals surface area contributed by atoms with Crippen LogP contribution in [0.5, 0.6) is 0 Å².